The minimum atomic E-state index is -0.231. The maximum atomic E-state index is 12.8. The van der Waals surface area contributed by atoms with E-state index in [0.717, 1.165) is 25.7 Å². The van der Waals surface area contributed by atoms with Crippen molar-refractivity contribution in [1.29, 1.82) is 0 Å². The van der Waals surface area contributed by atoms with Crippen LogP contribution in [0.1, 0.15) is 42.6 Å². The van der Waals surface area contributed by atoms with Gasteiger partial charge >= 0.3 is 0 Å². The van der Waals surface area contributed by atoms with Gasteiger partial charge in [0.25, 0.3) is 5.91 Å². The SMILES string of the molecule is COCCCN1CC2(CCCN(C(=O)c3ncccc3O)C2)CCC1=O. The second-order valence-electron chi connectivity index (χ2n) is 7.36. The second-order valence-corrected chi connectivity index (χ2v) is 7.36. The van der Waals surface area contributed by atoms with Gasteiger partial charge in [0.15, 0.2) is 5.69 Å². The molecule has 1 N–H and O–H groups in total. The minimum absolute atomic E-state index is 0.0563. The highest BCUT2D eigenvalue weighted by atomic mass is 16.5. The molecule has 7 nitrogen and oxygen atoms in total. The lowest BCUT2D eigenvalue weighted by molar-refractivity contribution is -0.139. The van der Waals surface area contributed by atoms with Crippen LogP contribution in [-0.4, -0.2) is 71.6 Å². The fourth-order valence-electron chi connectivity index (χ4n) is 4.13. The van der Waals surface area contributed by atoms with Gasteiger partial charge in [-0.2, -0.15) is 0 Å². The standard InChI is InChI=1S/C19H27N3O4/c1-26-12-4-11-21-13-19(8-6-16(21)24)7-3-10-22(14-19)18(25)17-15(23)5-2-9-20-17/h2,5,9,23H,3-4,6-8,10-14H2,1H3. The molecule has 0 aromatic carbocycles. The van der Waals surface area contributed by atoms with Gasteiger partial charge in [-0.15, -0.1) is 0 Å². The van der Waals surface area contributed by atoms with Crippen LogP contribution in [0.25, 0.3) is 0 Å². The molecule has 7 heteroatoms. The molecule has 3 rings (SSSR count). The van der Waals surface area contributed by atoms with E-state index in [2.05, 4.69) is 4.98 Å². The van der Waals surface area contributed by atoms with E-state index in [-0.39, 0.29) is 28.7 Å². The maximum absolute atomic E-state index is 12.8. The molecular weight excluding hydrogens is 334 g/mol. The van der Waals surface area contributed by atoms with Gasteiger partial charge in [-0.3, -0.25) is 9.59 Å². The molecule has 1 unspecified atom stereocenters. The van der Waals surface area contributed by atoms with Crippen LogP contribution in [-0.2, 0) is 9.53 Å². The molecule has 2 saturated heterocycles. The summed E-state index contributed by atoms with van der Waals surface area (Å²) in [5.74, 6) is -0.125. The summed E-state index contributed by atoms with van der Waals surface area (Å²) in [5.41, 5.74) is 0.0487. The Labute approximate surface area is 153 Å². The number of hydrogen-bond acceptors (Lipinski definition) is 5. The first-order chi connectivity index (χ1) is 12.5. The van der Waals surface area contributed by atoms with E-state index in [1.807, 2.05) is 4.90 Å². The highest BCUT2D eigenvalue weighted by Crippen LogP contribution is 2.39. The molecule has 0 saturated carbocycles. The molecule has 1 spiro atoms. The molecule has 1 atom stereocenters. The van der Waals surface area contributed by atoms with Crippen LogP contribution >= 0.6 is 0 Å². The summed E-state index contributed by atoms with van der Waals surface area (Å²) in [7, 11) is 1.66. The summed E-state index contributed by atoms with van der Waals surface area (Å²) in [6.07, 6.45) is 5.60. The summed E-state index contributed by atoms with van der Waals surface area (Å²) in [6, 6.07) is 3.09. The summed E-state index contributed by atoms with van der Waals surface area (Å²) < 4.78 is 5.09. The molecular formula is C19H27N3O4. The minimum Gasteiger partial charge on any atom is -0.505 e. The van der Waals surface area contributed by atoms with Crippen molar-refractivity contribution in [2.24, 2.45) is 5.41 Å². The number of piperidine rings is 2. The number of carbonyl (C=O) groups excluding carboxylic acids is 2. The number of carbonyl (C=O) groups is 2. The average Bonchev–Trinajstić information content (AvgIpc) is 2.65. The molecule has 2 fully saturated rings. The van der Waals surface area contributed by atoms with Crippen LogP contribution in [0.5, 0.6) is 5.75 Å². The first-order valence-electron chi connectivity index (χ1n) is 9.25. The Bertz CT molecular complexity index is 666. The zero-order chi connectivity index (χ0) is 18.6. The zero-order valence-corrected chi connectivity index (χ0v) is 15.3. The number of aromatic hydroxyl groups is 1. The average molecular weight is 361 g/mol. The highest BCUT2D eigenvalue weighted by Gasteiger charge is 2.43. The Morgan fingerprint density at radius 2 is 2.23 bits per heavy atom. The number of nitrogens with zero attached hydrogens (tertiary/aromatic N) is 3. The van der Waals surface area contributed by atoms with Gasteiger partial charge in [0.1, 0.15) is 5.75 Å². The van der Waals surface area contributed by atoms with Crippen LogP contribution in [0, 0.1) is 5.41 Å². The largest absolute Gasteiger partial charge is 0.505 e. The normalized spacial score (nSPS) is 23.5. The number of amides is 2. The Morgan fingerprint density at radius 1 is 1.38 bits per heavy atom. The number of rotatable bonds is 5. The lowest BCUT2D eigenvalue weighted by atomic mass is 9.73. The summed E-state index contributed by atoms with van der Waals surface area (Å²) >= 11 is 0. The third-order valence-electron chi connectivity index (χ3n) is 5.46. The fourth-order valence-corrected chi connectivity index (χ4v) is 4.13. The zero-order valence-electron chi connectivity index (χ0n) is 15.3. The predicted octanol–water partition coefficient (Wildman–Crippen LogP) is 1.67. The Hall–Kier alpha value is -2.15. The lowest BCUT2D eigenvalue weighted by Crippen LogP contribution is -2.55. The first kappa shape index (κ1) is 18.6. The topological polar surface area (TPSA) is 83.0 Å². The third kappa shape index (κ3) is 3.98. The monoisotopic (exact) mass is 361 g/mol. The molecule has 3 heterocycles. The van der Waals surface area contributed by atoms with E-state index in [0.29, 0.717) is 39.2 Å². The molecule has 1 aromatic rings. The van der Waals surface area contributed by atoms with Gasteiger partial charge in [0.05, 0.1) is 0 Å². The molecule has 2 aliphatic rings. The van der Waals surface area contributed by atoms with E-state index in [9.17, 15) is 14.7 Å². The van der Waals surface area contributed by atoms with Gasteiger partial charge < -0.3 is 19.6 Å². The van der Waals surface area contributed by atoms with Crippen LogP contribution in [0.2, 0.25) is 0 Å². The molecule has 0 bridgehead atoms. The second kappa shape index (κ2) is 8.03. The van der Waals surface area contributed by atoms with E-state index in [4.69, 9.17) is 4.74 Å². The number of pyridine rings is 1. The van der Waals surface area contributed by atoms with Gasteiger partial charge in [-0.25, -0.2) is 4.98 Å². The lowest BCUT2D eigenvalue weighted by Gasteiger charge is -2.48. The van der Waals surface area contributed by atoms with Gasteiger partial charge in [-0.1, -0.05) is 0 Å². The Kier molecular flexibility index (Phi) is 5.76. The van der Waals surface area contributed by atoms with Crippen molar-refractivity contribution >= 4 is 11.8 Å². The van der Waals surface area contributed by atoms with Crippen molar-refractivity contribution in [3.8, 4) is 5.75 Å². The molecule has 2 amide bonds. The van der Waals surface area contributed by atoms with Gasteiger partial charge in [-0.05, 0) is 37.8 Å². The van der Waals surface area contributed by atoms with Crippen LogP contribution < -0.4 is 0 Å². The molecule has 26 heavy (non-hydrogen) atoms. The molecule has 2 aliphatic heterocycles. The summed E-state index contributed by atoms with van der Waals surface area (Å²) in [4.78, 5) is 32.8. The molecule has 1 aromatic heterocycles. The summed E-state index contributed by atoms with van der Waals surface area (Å²) in [5, 5.41) is 9.94. The Balaban J connectivity index is 1.69. The number of likely N-dealkylation sites (tertiary alicyclic amines) is 2. The van der Waals surface area contributed by atoms with Gasteiger partial charge in [0.2, 0.25) is 5.91 Å². The van der Waals surface area contributed by atoms with E-state index in [1.54, 1.807) is 18.1 Å². The number of aromatic nitrogens is 1. The smallest absolute Gasteiger partial charge is 0.276 e. The number of hydrogen-bond donors (Lipinski definition) is 1. The van der Waals surface area contributed by atoms with Crippen molar-refractivity contribution in [2.75, 3.05) is 39.9 Å². The van der Waals surface area contributed by atoms with Gasteiger partial charge in [0, 0.05) is 57.9 Å². The predicted molar refractivity (Wildman–Crippen MR) is 95.8 cm³/mol. The van der Waals surface area contributed by atoms with Crippen LogP contribution in [0.3, 0.4) is 0 Å². The fraction of sp³-hybridized carbons (Fsp3) is 0.632. The van der Waals surface area contributed by atoms with Crippen molar-refractivity contribution in [1.82, 2.24) is 14.8 Å². The number of ether oxygens (including phenoxy) is 1. The highest BCUT2D eigenvalue weighted by molar-refractivity contribution is 5.94. The van der Waals surface area contributed by atoms with Crippen LogP contribution in [0.15, 0.2) is 18.3 Å². The molecule has 0 radical (unpaired) electrons. The quantitative estimate of drug-likeness (QED) is 0.807. The summed E-state index contributed by atoms with van der Waals surface area (Å²) in [6.45, 7) is 3.29. The molecule has 0 aliphatic carbocycles. The molecule has 142 valence electrons. The van der Waals surface area contributed by atoms with E-state index in [1.165, 1.54) is 12.3 Å². The number of methoxy groups -OCH3 is 1. The van der Waals surface area contributed by atoms with Crippen molar-refractivity contribution in [3.63, 3.8) is 0 Å². The maximum Gasteiger partial charge on any atom is 0.276 e. The van der Waals surface area contributed by atoms with Crippen molar-refractivity contribution in [3.05, 3.63) is 24.0 Å². The first-order valence-corrected chi connectivity index (χ1v) is 9.25. The van der Waals surface area contributed by atoms with Crippen molar-refractivity contribution in [2.45, 2.75) is 32.1 Å². The van der Waals surface area contributed by atoms with Crippen LogP contribution in [0.4, 0.5) is 0 Å². The van der Waals surface area contributed by atoms with Crippen molar-refractivity contribution < 1.29 is 19.4 Å². The van der Waals surface area contributed by atoms with E-state index >= 15 is 0 Å². The Morgan fingerprint density at radius 3 is 3.00 bits per heavy atom. The third-order valence-corrected chi connectivity index (χ3v) is 5.46. The van der Waals surface area contributed by atoms with E-state index < -0.39 is 0 Å².